The van der Waals surface area contributed by atoms with Crippen molar-refractivity contribution in [1.82, 2.24) is 4.31 Å². The average molecular weight is 442 g/mol. The Bertz CT molecular complexity index is 848. The van der Waals surface area contributed by atoms with Crippen molar-refractivity contribution < 1.29 is 28.2 Å². The summed E-state index contributed by atoms with van der Waals surface area (Å²) in [5, 5.41) is 21.1. The number of aliphatic hydroxyl groups is 2. The fourth-order valence-electron chi connectivity index (χ4n) is 6.58. The Hall–Kier alpha value is -0.960. The standard InChI is InChI=1S/C22H35NO6S/c1-13(2)5-6-15(24)16-7-8-17(29-16)19(25)20(26)23-18-11-14-9-10-22(18,21(14,3)4)12-30(23,27)28/h5,14-19,24-25H,6-12H2,1-4H3/t14-,15-,16-,17+,18+,19-,22-/m0/s1. The monoisotopic (exact) mass is 441 g/mol. The smallest absolute Gasteiger partial charge is 0.267 e. The topological polar surface area (TPSA) is 104 Å². The summed E-state index contributed by atoms with van der Waals surface area (Å²) in [7, 11) is -3.77. The van der Waals surface area contributed by atoms with E-state index in [0.717, 1.165) is 22.7 Å². The molecule has 1 amide bonds. The highest BCUT2D eigenvalue weighted by Gasteiger charge is 2.72. The molecule has 170 valence electrons. The molecule has 4 aliphatic rings. The van der Waals surface area contributed by atoms with E-state index in [1.165, 1.54) is 0 Å². The summed E-state index contributed by atoms with van der Waals surface area (Å²) in [4.78, 5) is 13.2. The van der Waals surface area contributed by atoms with Crippen LogP contribution in [0.5, 0.6) is 0 Å². The summed E-state index contributed by atoms with van der Waals surface area (Å²) in [6, 6.07) is -0.362. The predicted molar refractivity (Wildman–Crippen MR) is 112 cm³/mol. The molecule has 1 spiro atoms. The van der Waals surface area contributed by atoms with Gasteiger partial charge in [0.05, 0.1) is 30.1 Å². The molecule has 4 rings (SSSR count). The lowest BCUT2D eigenvalue weighted by atomic mass is 9.69. The van der Waals surface area contributed by atoms with Crippen LogP contribution in [-0.4, -0.2) is 65.1 Å². The SMILES string of the molecule is CC(C)=CC[C@H](O)[C@@H]1CC[C@H]([C@H](O)C(=O)N2[C@@H]3C[C@@H]4CC[C@@]3(CS2(=O)=O)C4(C)C)O1. The van der Waals surface area contributed by atoms with Crippen LogP contribution in [0.25, 0.3) is 0 Å². The molecule has 4 fully saturated rings. The minimum atomic E-state index is -3.77. The average Bonchev–Trinajstić information content (AvgIpc) is 3.34. The van der Waals surface area contributed by atoms with Gasteiger partial charge in [0.1, 0.15) is 0 Å². The number of hydrogen-bond donors (Lipinski definition) is 2. The summed E-state index contributed by atoms with van der Waals surface area (Å²) in [6.45, 7) is 8.16. The van der Waals surface area contributed by atoms with Crippen LogP contribution >= 0.6 is 0 Å². The number of amides is 1. The Morgan fingerprint density at radius 2 is 1.87 bits per heavy atom. The third-order valence-corrected chi connectivity index (χ3v) is 10.4. The number of carbonyl (C=O) groups is 1. The highest BCUT2D eigenvalue weighted by molar-refractivity contribution is 7.90. The number of fused-ring (bicyclic) bond motifs is 1. The van der Waals surface area contributed by atoms with Crippen molar-refractivity contribution >= 4 is 15.9 Å². The molecule has 8 heteroatoms. The van der Waals surface area contributed by atoms with Crippen LogP contribution in [-0.2, 0) is 19.6 Å². The first kappa shape index (κ1) is 22.2. The number of carbonyl (C=O) groups excluding carboxylic acids is 1. The minimum Gasteiger partial charge on any atom is -0.390 e. The summed E-state index contributed by atoms with van der Waals surface area (Å²) < 4.78 is 32.9. The number of allylic oxidation sites excluding steroid dienone is 1. The van der Waals surface area contributed by atoms with Crippen molar-refractivity contribution in [3.63, 3.8) is 0 Å². The Morgan fingerprint density at radius 3 is 2.50 bits per heavy atom. The van der Waals surface area contributed by atoms with Crippen molar-refractivity contribution in [3.8, 4) is 0 Å². The van der Waals surface area contributed by atoms with Gasteiger partial charge < -0.3 is 14.9 Å². The van der Waals surface area contributed by atoms with Crippen LogP contribution in [0, 0.1) is 16.7 Å². The molecular weight excluding hydrogens is 406 g/mol. The van der Waals surface area contributed by atoms with Crippen molar-refractivity contribution in [2.75, 3.05) is 5.75 Å². The zero-order valence-corrected chi connectivity index (χ0v) is 19.2. The van der Waals surface area contributed by atoms with E-state index in [-0.39, 0.29) is 17.2 Å². The van der Waals surface area contributed by atoms with E-state index >= 15 is 0 Å². The van der Waals surface area contributed by atoms with E-state index < -0.39 is 45.8 Å². The molecule has 2 heterocycles. The molecule has 0 aromatic rings. The molecule has 0 aromatic carbocycles. The maximum atomic E-state index is 13.2. The van der Waals surface area contributed by atoms with Crippen molar-refractivity contribution in [1.29, 1.82) is 0 Å². The fraction of sp³-hybridized carbons (Fsp3) is 0.864. The number of sulfonamides is 1. The molecule has 2 saturated carbocycles. The van der Waals surface area contributed by atoms with Crippen LogP contribution in [0.15, 0.2) is 11.6 Å². The Labute approximate surface area is 179 Å². The van der Waals surface area contributed by atoms with Gasteiger partial charge in [-0.15, -0.1) is 0 Å². The van der Waals surface area contributed by atoms with Crippen LogP contribution in [0.4, 0.5) is 0 Å². The van der Waals surface area contributed by atoms with Gasteiger partial charge in [-0.3, -0.25) is 4.79 Å². The molecule has 2 bridgehead atoms. The maximum Gasteiger partial charge on any atom is 0.267 e. The molecule has 7 atom stereocenters. The van der Waals surface area contributed by atoms with Gasteiger partial charge in [0, 0.05) is 5.41 Å². The highest BCUT2D eigenvalue weighted by atomic mass is 32.2. The normalized spacial score (nSPS) is 40.3. The zero-order valence-electron chi connectivity index (χ0n) is 18.4. The lowest BCUT2D eigenvalue weighted by molar-refractivity contribution is -0.148. The van der Waals surface area contributed by atoms with E-state index in [4.69, 9.17) is 4.74 Å². The Kier molecular flexibility index (Phi) is 5.40. The van der Waals surface area contributed by atoms with Gasteiger partial charge in [-0.2, -0.15) is 0 Å². The van der Waals surface area contributed by atoms with E-state index in [1.54, 1.807) is 0 Å². The molecule has 30 heavy (non-hydrogen) atoms. The lowest BCUT2D eigenvalue weighted by Gasteiger charge is -2.37. The molecule has 0 radical (unpaired) electrons. The van der Waals surface area contributed by atoms with Gasteiger partial charge in [-0.1, -0.05) is 25.5 Å². The van der Waals surface area contributed by atoms with Crippen LogP contribution < -0.4 is 0 Å². The second kappa shape index (κ2) is 7.29. The number of nitrogens with zero attached hydrogens (tertiary/aromatic N) is 1. The Balaban J connectivity index is 1.48. The summed E-state index contributed by atoms with van der Waals surface area (Å²) >= 11 is 0. The summed E-state index contributed by atoms with van der Waals surface area (Å²) in [5.41, 5.74) is 0.556. The first-order valence-corrected chi connectivity index (χ1v) is 12.7. The summed E-state index contributed by atoms with van der Waals surface area (Å²) in [5.74, 6) is -0.366. The highest BCUT2D eigenvalue weighted by Crippen LogP contribution is 2.70. The molecule has 2 saturated heterocycles. The number of rotatable bonds is 5. The van der Waals surface area contributed by atoms with Crippen LogP contribution in [0.3, 0.4) is 0 Å². The van der Waals surface area contributed by atoms with Gasteiger partial charge >= 0.3 is 0 Å². The van der Waals surface area contributed by atoms with Crippen molar-refractivity contribution in [3.05, 3.63) is 11.6 Å². The lowest BCUT2D eigenvalue weighted by Crippen LogP contribution is -2.50. The second-order valence-electron chi connectivity index (χ2n) is 10.6. The molecule has 2 aliphatic heterocycles. The number of hydrogen-bond acceptors (Lipinski definition) is 6. The maximum absolute atomic E-state index is 13.2. The van der Waals surface area contributed by atoms with Gasteiger partial charge in [-0.05, 0) is 63.7 Å². The van der Waals surface area contributed by atoms with Gasteiger partial charge in [0.25, 0.3) is 5.91 Å². The van der Waals surface area contributed by atoms with Crippen LogP contribution in [0.2, 0.25) is 0 Å². The molecule has 7 nitrogen and oxygen atoms in total. The third-order valence-electron chi connectivity index (χ3n) is 8.52. The van der Waals surface area contributed by atoms with Gasteiger partial charge in [0.2, 0.25) is 10.0 Å². The predicted octanol–water partition coefficient (Wildman–Crippen LogP) is 1.98. The molecular formula is C22H35NO6S. The van der Waals surface area contributed by atoms with Crippen molar-refractivity contribution in [2.45, 2.75) is 96.7 Å². The molecule has 0 unspecified atom stereocenters. The fourth-order valence-corrected chi connectivity index (χ4v) is 9.14. The van der Waals surface area contributed by atoms with E-state index in [1.807, 2.05) is 19.9 Å². The quantitative estimate of drug-likeness (QED) is 0.632. The first-order valence-electron chi connectivity index (χ1n) is 11.1. The minimum absolute atomic E-state index is 0.0117. The second-order valence-corrected chi connectivity index (χ2v) is 12.4. The van der Waals surface area contributed by atoms with E-state index in [0.29, 0.717) is 31.6 Å². The molecule has 2 N–H and O–H groups in total. The van der Waals surface area contributed by atoms with E-state index in [2.05, 4.69) is 13.8 Å². The molecule has 0 aromatic heterocycles. The number of aliphatic hydroxyl groups excluding tert-OH is 2. The van der Waals surface area contributed by atoms with Crippen molar-refractivity contribution in [2.24, 2.45) is 16.7 Å². The largest absolute Gasteiger partial charge is 0.390 e. The summed E-state index contributed by atoms with van der Waals surface area (Å²) in [6.07, 6.45) is 2.33. The van der Waals surface area contributed by atoms with Crippen LogP contribution in [0.1, 0.15) is 66.2 Å². The van der Waals surface area contributed by atoms with E-state index in [9.17, 15) is 23.4 Å². The molecule has 2 aliphatic carbocycles. The third kappa shape index (κ3) is 3.17. The Morgan fingerprint density at radius 1 is 1.20 bits per heavy atom. The first-order chi connectivity index (χ1) is 13.9. The van der Waals surface area contributed by atoms with Gasteiger partial charge in [0.15, 0.2) is 6.10 Å². The number of ether oxygens (including phenoxy) is 1. The zero-order chi connectivity index (χ0) is 22.1. The van der Waals surface area contributed by atoms with Gasteiger partial charge in [-0.25, -0.2) is 12.7 Å².